The lowest BCUT2D eigenvalue weighted by Gasteiger charge is -2.27. The number of fused-ring (bicyclic) bond motifs is 1. The summed E-state index contributed by atoms with van der Waals surface area (Å²) < 4.78 is -0.199. The van der Waals surface area contributed by atoms with Gasteiger partial charge in [0, 0.05) is 24.5 Å². The summed E-state index contributed by atoms with van der Waals surface area (Å²) in [4.78, 5) is 49.4. The number of benzene rings is 1. The molecule has 2 atom stereocenters. The van der Waals surface area contributed by atoms with Crippen LogP contribution in [0.25, 0.3) is 0 Å². The van der Waals surface area contributed by atoms with E-state index in [-0.39, 0.29) is 33.4 Å². The molecule has 6 rings (SSSR count). The van der Waals surface area contributed by atoms with Gasteiger partial charge in [-0.15, -0.1) is 4.59 Å². The Labute approximate surface area is 235 Å². The first-order chi connectivity index (χ1) is 19.3. The smallest absolute Gasteiger partial charge is 0.273 e. The lowest BCUT2D eigenvalue weighted by Crippen LogP contribution is -2.53. The molecule has 0 saturated carbocycles. The second-order valence-corrected chi connectivity index (χ2v) is 10.0. The van der Waals surface area contributed by atoms with Crippen LogP contribution in [-0.2, 0) is 0 Å². The van der Waals surface area contributed by atoms with Gasteiger partial charge in [0.05, 0.1) is 24.0 Å². The number of allylic oxidation sites excluding steroid dienone is 1. The molecule has 5 heterocycles. The fraction of sp³-hybridized carbons (Fsp3) is 0.179. The van der Waals surface area contributed by atoms with Crippen molar-refractivity contribution in [2.45, 2.75) is 25.8 Å². The number of nitrogens with two attached hydrogens (primary N) is 1. The summed E-state index contributed by atoms with van der Waals surface area (Å²) in [6, 6.07) is 12.0. The summed E-state index contributed by atoms with van der Waals surface area (Å²) in [6.07, 6.45) is 9.68. The molecule has 11 nitrogen and oxygen atoms in total. The number of aryl methyl sites for hydroxylation is 1. The molecule has 0 radical (unpaired) electrons. The number of amides is 2. The van der Waals surface area contributed by atoms with Crippen molar-refractivity contribution in [1.82, 2.24) is 19.9 Å². The van der Waals surface area contributed by atoms with Crippen molar-refractivity contribution in [3.63, 3.8) is 0 Å². The first kappa shape index (κ1) is 25.7. The Hall–Kier alpha value is -4.58. The van der Waals surface area contributed by atoms with Gasteiger partial charge in [0.15, 0.2) is 0 Å². The fourth-order valence-electron chi connectivity index (χ4n) is 5.11. The highest BCUT2D eigenvalue weighted by atomic mass is 35.5. The van der Waals surface area contributed by atoms with Crippen LogP contribution in [0.3, 0.4) is 0 Å². The van der Waals surface area contributed by atoms with E-state index in [9.17, 15) is 9.59 Å². The van der Waals surface area contributed by atoms with Gasteiger partial charge in [-0.1, -0.05) is 0 Å². The second kappa shape index (κ2) is 10.2. The Morgan fingerprint density at radius 2 is 1.93 bits per heavy atom. The van der Waals surface area contributed by atoms with Crippen LogP contribution in [0.2, 0.25) is 5.28 Å². The van der Waals surface area contributed by atoms with Crippen LogP contribution in [0.5, 0.6) is 0 Å². The van der Waals surface area contributed by atoms with Crippen LogP contribution in [0.15, 0.2) is 88.6 Å². The number of hydrogen-bond acceptors (Lipinski definition) is 8. The third-order valence-corrected chi connectivity index (χ3v) is 7.24. The number of anilines is 1. The number of nitrogens with zero attached hydrogens (tertiary/aromatic N) is 7. The number of hydrogen-bond donors (Lipinski definition) is 2. The molecule has 2 amide bonds. The minimum atomic E-state index is -0.320. The molecule has 3 aliphatic heterocycles. The number of likely N-dealkylation sites (tertiary alicyclic amines) is 1. The summed E-state index contributed by atoms with van der Waals surface area (Å²) in [7, 11) is 0. The summed E-state index contributed by atoms with van der Waals surface area (Å²) in [5, 5.41) is 2.83. The standard InChI is InChI=1S/C28H24ClN9O2/c1-17-8-10-32-23(15-17)35-26(39)19-6-4-18(5-7-19)25-36-24(22-16-31-12-14-38(22,25)30)21-3-2-13-37(21)27(40)20-9-11-33-28(29)34-20/h4-12,14-16,21H,2-3,13,30H2,1H3/p+1. The predicted octanol–water partition coefficient (Wildman–Crippen LogP) is 3.61. The maximum Gasteiger partial charge on any atom is 0.273 e. The van der Waals surface area contributed by atoms with E-state index < -0.39 is 0 Å². The van der Waals surface area contributed by atoms with Crippen molar-refractivity contribution >= 4 is 41.3 Å². The van der Waals surface area contributed by atoms with E-state index in [0.717, 1.165) is 17.5 Å². The lowest BCUT2D eigenvalue weighted by molar-refractivity contribution is -0.750. The van der Waals surface area contributed by atoms with Crippen LogP contribution in [0, 0.1) is 6.92 Å². The quantitative estimate of drug-likeness (QED) is 0.281. The number of aliphatic imine (C=N–C) groups is 2. The van der Waals surface area contributed by atoms with Gasteiger partial charge in [0.25, 0.3) is 17.6 Å². The first-order valence-corrected chi connectivity index (χ1v) is 13.1. The van der Waals surface area contributed by atoms with Crippen molar-refractivity contribution in [2.24, 2.45) is 15.8 Å². The zero-order valence-electron chi connectivity index (χ0n) is 21.5. The van der Waals surface area contributed by atoms with Crippen molar-refractivity contribution < 1.29 is 14.2 Å². The molecule has 2 unspecified atom stereocenters. The molecule has 40 heavy (non-hydrogen) atoms. The van der Waals surface area contributed by atoms with E-state index >= 15 is 0 Å². The Morgan fingerprint density at radius 3 is 2.70 bits per heavy atom. The van der Waals surface area contributed by atoms with Crippen molar-refractivity contribution in [1.29, 1.82) is 0 Å². The molecule has 3 N–H and O–H groups in total. The molecule has 1 fully saturated rings. The van der Waals surface area contributed by atoms with Crippen LogP contribution in [0.1, 0.15) is 44.8 Å². The van der Waals surface area contributed by atoms with Gasteiger partial charge in [-0.25, -0.2) is 15.0 Å². The highest BCUT2D eigenvalue weighted by Gasteiger charge is 2.48. The molecule has 0 aliphatic carbocycles. The molecule has 12 heteroatoms. The average Bonchev–Trinajstić information content (AvgIpc) is 3.55. The monoisotopic (exact) mass is 554 g/mol. The van der Waals surface area contributed by atoms with Crippen molar-refractivity contribution in [3.8, 4) is 0 Å². The van der Waals surface area contributed by atoms with Gasteiger partial charge in [0.1, 0.15) is 23.4 Å². The van der Waals surface area contributed by atoms with E-state index in [4.69, 9.17) is 22.4 Å². The van der Waals surface area contributed by atoms with Crippen molar-refractivity contribution in [2.75, 3.05) is 11.9 Å². The van der Waals surface area contributed by atoms with E-state index in [2.05, 4.69) is 25.3 Å². The number of amidine groups is 1. The molecule has 200 valence electrons. The largest absolute Gasteiger partial charge is 0.328 e. The van der Waals surface area contributed by atoms with Gasteiger partial charge in [-0.3, -0.25) is 14.6 Å². The summed E-state index contributed by atoms with van der Waals surface area (Å²) in [5.41, 5.74) is 3.77. The SMILES string of the molecule is Cc1ccnc(NC(=O)c2ccc(C3=NC(C4CCCN4C(=O)c4ccnc(Cl)n4)=C4C=NC=C[N+]34N)cc2)c1. The highest BCUT2D eigenvalue weighted by Crippen LogP contribution is 2.37. The maximum atomic E-state index is 13.4. The van der Waals surface area contributed by atoms with Gasteiger partial charge in [-0.05, 0) is 79.4 Å². The average molecular weight is 555 g/mol. The number of carbonyl (C=O) groups excluding carboxylic acids is 2. The van der Waals surface area contributed by atoms with Crippen molar-refractivity contribution in [3.05, 3.63) is 106 Å². The van der Waals surface area contributed by atoms with E-state index in [1.807, 2.05) is 25.1 Å². The zero-order valence-corrected chi connectivity index (χ0v) is 22.3. The number of pyridine rings is 1. The first-order valence-electron chi connectivity index (χ1n) is 12.7. The van der Waals surface area contributed by atoms with Crippen LogP contribution < -0.4 is 11.2 Å². The third-order valence-electron chi connectivity index (χ3n) is 7.06. The Balaban J connectivity index is 1.30. The fourth-order valence-corrected chi connectivity index (χ4v) is 5.26. The summed E-state index contributed by atoms with van der Waals surface area (Å²) in [6.45, 7) is 2.48. The van der Waals surface area contributed by atoms with E-state index in [1.165, 1.54) is 6.20 Å². The van der Waals surface area contributed by atoms with Gasteiger partial charge >= 0.3 is 0 Å². The predicted molar refractivity (Wildman–Crippen MR) is 150 cm³/mol. The minimum Gasteiger partial charge on any atom is -0.328 e. The van der Waals surface area contributed by atoms with E-state index in [1.54, 1.807) is 54.0 Å². The Bertz CT molecular complexity index is 1650. The summed E-state index contributed by atoms with van der Waals surface area (Å²) >= 11 is 5.94. The Kier molecular flexibility index (Phi) is 6.54. The number of carbonyl (C=O) groups is 2. The molecule has 2 aromatic heterocycles. The molecule has 3 aliphatic rings. The molecule has 1 aromatic carbocycles. The summed E-state index contributed by atoms with van der Waals surface area (Å²) in [5.74, 6) is 7.43. The highest BCUT2D eigenvalue weighted by molar-refractivity contribution is 6.28. The molecule has 0 spiro atoms. The van der Waals surface area contributed by atoms with Crippen LogP contribution >= 0.6 is 11.6 Å². The Morgan fingerprint density at radius 1 is 1.12 bits per heavy atom. The topological polar surface area (TPSA) is 139 Å². The number of nitrogens with one attached hydrogen (secondary N) is 1. The zero-order chi connectivity index (χ0) is 27.9. The molecular formula is C28H25ClN9O2+. The second-order valence-electron chi connectivity index (χ2n) is 9.68. The van der Waals surface area contributed by atoms with E-state index in [0.29, 0.717) is 41.6 Å². The molecule has 0 bridgehead atoms. The van der Waals surface area contributed by atoms with Crippen LogP contribution in [-0.4, -0.2) is 60.9 Å². The lowest BCUT2D eigenvalue weighted by atomic mass is 10.1. The number of aromatic nitrogens is 3. The third kappa shape index (κ3) is 4.60. The molecular weight excluding hydrogens is 530 g/mol. The number of quaternary nitrogens is 1. The number of halogens is 1. The maximum absolute atomic E-state index is 13.4. The molecule has 3 aromatic rings. The normalized spacial score (nSPS) is 21.4. The minimum absolute atomic E-state index is 0.0132. The molecule has 1 saturated heterocycles. The van der Waals surface area contributed by atoms with Gasteiger partial charge < -0.3 is 10.2 Å². The van der Waals surface area contributed by atoms with Crippen LogP contribution in [0.4, 0.5) is 5.82 Å². The number of rotatable bonds is 5. The van der Waals surface area contributed by atoms with Gasteiger partial charge in [-0.2, -0.15) is 10.8 Å². The van der Waals surface area contributed by atoms with Gasteiger partial charge in [0.2, 0.25) is 11.0 Å².